The maximum atomic E-state index is 13.5. The molecule has 0 saturated carbocycles. The number of thiocarbonyl (C=S) groups is 1. The molecule has 0 heterocycles. The summed E-state index contributed by atoms with van der Waals surface area (Å²) in [6.07, 6.45) is 0.250. The smallest absolute Gasteiger partial charge is 0.228 e. The van der Waals surface area contributed by atoms with E-state index in [0.29, 0.717) is 5.69 Å². The molecular weight excluding hydrogens is 287 g/mol. The fourth-order valence-corrected chi connectivity index (χ4v) is 2.04. The number of carbonyl (C=O) groups excluding carboxylic acids is 1. The molecule has 0 bridgehead atoms. The zero-order valence-corrected chi connectivity index (χ0v) is 12.3. The summed E-state index contributed by atoms with van der Waals surface area (Å²) in [6.45, 7) is 1.99. The first-order valence-corrected chi connectivity index (χ1v) is 6.81. The lowest BCUT2D eigenvalue weighted by Crippen LogP contribution is -2.16. The zero-order valence-electron chi connectivity index (χ0n) is 11.5. The van der Waals surface area contributed by atoms with Gasteiger partial charge in [-0.2, -0.15) is 0 Å². The van der Waals surface area contributed by atoms with Gasteiger partial charge >= 0.3 is 0 Å². The van der Waals surface area contributed by atoms with Crippen molar-refractivity contribution in [2.24, 2.45) is 5.73 Å². The summed E-state index contributed by atoms with van der Waals surface area (Å²) in [4.78, 5) is 11.9. The van der Waals surface area contributed by atoms with Gasteiger partial charge in [0.2, 0.25) is 5.91 Å². The monoisotopic (exact) mass is 302 g/mol. The number of nitrogens with one attached hydrogen (secondary N) is 1. The third-order valence-corrected chi connectivity index (χ3v) is 3.22. The zero-order chi connectivity index (χ0) is 15.4. The molecule has 0 spiro atoms. The van der Waals surface area contributed by atoms with E-state index in [1.54, 1.807) is 0 Å². The Morgan fingerprint density at radius 2 is 1.90 bits per heavy atom. The third kappa shape index (κ3) is 4.10. The molecule has 5 heteroatoms. The molecule has 21 heavy (non-hydrogen) atoms. The standard InChI is InChI=1S/C16H15FN2OS/c1-10-2-4-11(5-3-10)8-15(20)19-12-6-7-14(17)13(9-12)16(18)21/h2-7,9H,8H2,1H3,(H2,18,21)(H,19,20). The quantitative estimate of drug-likeness (QED) is 0.854. The molecule has 0 radical (unpaired) electrons. The number of hydrogen-bond donors (Lipinski definition) is 2. The van der Waals surface area contributed by atoms with Gasteiger partial charge in [-0.05, 0) is 30.7 Å². The highest BCUT2D eigenvalue weighted by atomic mass is 32.1. The second kappa shape index (κ2) is 6.45. The molecule has 3 N–H and O–H groups in total. The molecule has 0 fully saturated rings. The predicted octanol–water partition coefficient (Wildman–Crippen LogP) is 2.95. The van der Waals surface area contributed by atoms with E-state index in [0.717, 1.165) is 11.1 Å². The van der Waals surface area contributed by atoms with E-state index in [-0.39, 0.29) is 22.9 Å². The Morgan fingerprint density at radius 3 is 2.52 bits per heavy atom. The maximum absolute atomic E-state index is 13.5. The fraction of sp³-hybridized carbons (Fsp3) is 0.125. The van der Waals surface area contributed by atoms with Crippen LogP contribution in [0.1, 0.15) is 16.7 Å². The Bertz CT molecular complexity index is 683. The van der Waals surface area contributed by atoms with Gasteiger partial charge in [0, 0.05) is 11.3 Å². The summed E-state index contributed by atoms with van der Waals surface area (Å²) in [5.41, 5.74) is 8.07. The molecule has 0 aromatic heterocycles. The molecule has 1 amide bonds. The molecule has 0 aliphatic rings. The number of benzene rings is 2. The summed E-state index contributed by atoms with van der Waals surface area (Å²) >= 11 is 4.76. The van der Waals surface area contributed by atoms with Crippen LogP contribution in [0.5, 0.6) is 0 Å². The lowest BCUT2D eigenvalue weighted by Gasteiger charge is -2.08. The number of rotatable bonds is 4. The maximum Gasteiger partial charge on any atom is 0.228 e. The summed E-state index contributed by atoms with van der Waals surface area (Å²) in [7, 11) is 0. The summed E-state index contributed by atoms with van der Waals surface area (Å²) in [6, 6.07) is 11.8. The van der Waals surface area contributed by atoms with Gasteiger partial charge in [0.1, 0.15) is 10.8 Å². The molecule has 0 atom stereocenters. The Kier molecular flexibility index (Phi) is 4.65. The molecule has 0 aliphatic carbocycles. The average molecular weight is 302 g/mol. The number of aryl methyl sites for hydroxylation is 1. The van der Waals surface area contributed by atoms with E-state index < -0.39 is 5.82 Å². The van der Waals surface area contributed by atoms with E-state index in [9.17, 15) is 9.18 Å². The highest BCUT2D eigenvalue weighted by Gasteiger charge is 2.09. The van der Waals surface area contributed by atoms with Crippen molar-refractivity contribution in [3.8, 4) is 0 Å². The molecule has 0 saturated heterocycles. The minimum atomic E-state index is -0.501. The number of hydrogen-bond acceptors (Lipinski definition) is 2. The number of halogens is 1. The molecule has 2 rings (SSSR count). The van der Waals surface area contributed by atoms with E-state index in [4.69, 9.17) is 18.0 Å². The van der Waals surface area contributed by atoms with Crippen molar-refractivity contribution >= 4 is 28.8 Å². The van der Waals surface area contributed by atoms with E-state index in [1.165, 1.54) is 18.2 Å². The van der Waals surface area contributed by atoms with Crippen LogP contribution in [0.3, 0.4) is 0 Å². The Hall–Kier alpha value is -2.27. The van der Waals surface area contributed by atoms with Crippen LogP contribution in [0.2, 0.25) is 0 Å². The summed E-state index contributed by atoms with van der Waals surface area (Å²) < 4.78 is 13.5. The van der Waals surface area contributed by atoms with E-state index in [1.807, 2.05) is 31.2 Å². The molecule has 0 unspecified atom stereocenters. The normalized spacial score (nSPS) is 10.2. The number of anilines is 1. The summed E-state index contributed by atoms with van der Waals surface area (Å²) in [5.74, 6) is -0.682. The Balaban J connectivity index is 2.07. The van der Waals surface area contributed by atoms with Gasteiger partial charge in [0.15, 0.2) is 0 Å². The van der Waals surface area contributed by atoms with Gasteiger partial charge in [-0.1, -0.05) is 42.0 Å². The molecular formula is C16H15FN2OS. The van der Waals surface area contributed by atoms with Crippen LogP contribution in [0, 0.1) is 12.7 Å². The van der Waals surface area contributed by atoms with Gasteiger partial charge in [-0.3, -0.25) is 4.79 Å². The second-order valence-corrected chi connectivity index (χ2v) is 5.21. The van der Waals surface area contributed by atoms with Crippen molar-refractivity contribution in [2.45, 2.75) is 13.3 Å². The van der Waals surface area contributed by atoms with Gasteiger partial charge < -0.3 is 11.1 Å². The topological polar surface area (TPSA) is 55.1 Å². The van der Waals surface area contributed by atoms with Crippen molar-refractivity contribution in [1.29, 1.82) is 0 Å². The van der Waals surface area contributed by atoms with Crippen molar-refractivity contribution in [3.05, 3.63) is 65.0 Å². The highest BCUT2D eigenvalue weighted by molar-refractivity contribution is 7.80. The van der Waals surface area contributed by atoms with Gasteiger partial charge in [-0.15, -0.1) is 0 Å². The van der Waals surface area contributed by atoms with Crippen LogP contribution < -0.4 is 11.1 Å². The third-order valence-electron chi connectivity index (χ3n) is 3.00. The minimum absolute atomic E-state index is 0.0397. The van der Waals surface area contributed by atoms with Crippen LogP contribution in [-0.2, 0) is 11.2 Å². The number of nitrogens with two attached hydrogens (primary N) is 1. The number of amides is 1. The van der Waals surface area contributed by atoms with Crippen molar-refractivity contribution in [3.63, 3.8) is 0 Å². The SMILES string of the molecule is Cc1ccc(CC(=O)Nc2ccc(F)c(C(N)=S)c2)cc1. The van der Waals surface area contributed by atoms with Gasteiger partial charge in [0.05, 0.1) is 6.42 Å². The van der Waals surface area contributed by atoms with Crippen molar-refractivity contribution in [2.75, 3.05) is 5.32 Å². The molecule has 2 aromatic carbocycles. The van der Waals surface area contributed by atoms with E-state index >= 15 is 0 Å². The molecule has 2 aromatic rings. The lowest BCUT2D eigenvalue weighted by atomic mass is 10.1. The van der Waals surface area contributed by atoms with Gasteiger partial charge in [-0.25, -0.2) is 4.39 Å². The van der Waals surface area contributed by atoms with Crippen LogP contribution in [0.4, 0.5) is 10.1 Å². The van der Waals surface area contributed by atoms with Crippen molar-refractivity contribution in [1.82, 2.24) is 0 Å². The summed E-state index contributed by atoms with van der Waals surface area (Å²) in [5, 5.41) is 2.71. The second-order valence-electron chi connectivity index (χ2n) is 4.77. The van der Waals surface area contributed by atoms with Crippen LogP contribution in [0.25, 0.3) is 0 Å². The number of carbonyl (C=O) groups is 1. The molecule has 108 valence electrons. The van der Waals surface area contributed by atoms with Crippen molar-refractivity contribution < 1.29 is 9.18 Å². The first kappa shape index (κ1) is 15.1. The lowest BCUT2D eigenvalue weighted by molar-refractivity contribution is -0.115. The fourth-order valence-electron chi connectivity index (χ4n) is 1.89. The average Bonchev–Trinajstić information content (AvgIpc) is 2.43. The Morgan fingerprint density at radius 1 is 1.24 bits per heavy atom. The predicted molar refractivity (Wildman–Crippen MR) is 85.8 cm³/mol. The molecule has 0 aliphatic heterocycles. The van der Waals surface area contributed by atoms with Crippen LogP contribution in [-0.4, -0.2) is 10.9 Å². The highest BCUT2D eigenvalue weighted by Crippen LogP contribution is 2.15. The minimum Gasteiger partial charge on any atom is -0.389 e. The van der Waals surface area contributed by atoms with Crippen LogP contribution >= 0.6 is 12.2 Å². The first-order chi connectivity index (χ1) is 9.95. The van der Waals surface area contributed by atoms with Gasteiger partial charge in [0.25, 0.3) is 0 Å². The molecule has 3 nitrogen and oxygen atoms in total. The van der Waals surface area contributed by atoms with E-state index in [2.05, 4.69) is 5.32 Å². The largest absolute Gasteiger partial charge is 0.389 e. The first-order valence-electron chi connectivity index (χ1n) is 6.40. The Labute approximate surface area is 128 Å². The van der Waals surface area contributed by atoms with Crippen LogP contribution in [0.15, 0.2) is 42.5 Å².